The summed E-state index contributed by atoms with van der Waals surface area (Å²) in [4.78, 5) is 23.9. The average Bonchev–Trinajstić information content (AvgIpc) is 2.77. The minimum absolute atomic E-state index is 0.270. The van der Waals surface area contributed by atoms with Gasteiger partial charge in [-0.3, -0.25) is 10.00 Å². The van der Waals surface area contributed by atoms with Gasteiger partial charge in [-0.25, -0.2) is 9.59 Å². The van der Waals surface area contributed by atoms with Crippen molar-refractivity contribution in [1.29, 1.82) is 0 Å². The first-order valence-electron chi connectivity index (χ1n) is 6.86. The van der Waals surface area contributed by atoms with Gasteiger partial charge in [0.2, 0.25) is 0 Å². The Labute approximate surface area is 128 Å². The number of aryl methyl sites for hydroxylation is 2. The molecule has 0 aliphatic heterocycles. The zero-order valence-electron chi connectivity index (χ0n) is 12.7. The number of urea groups is 1. The average molecular weight is 302 g/mol. The molecule has 2 rings (SSSR count). The Morgan fingerprint density at radius 1 is 1.27 bits per heavy atom. The number of benzene rings is 1. The van der Waals surface area contributed by atoms with Crippen LogP contribution in [0.5, 0.6) is 0 Å². The number of anilines is 2. The number of amides is 2. The van der Waals surface area contributed by atoms with Crippen LogP contribution in [-0.2, 0) is 11.8 Å². The smallest absolute Gasteiger partial charge is 0.340 e. The summed E-state index contributed by atoms with van der Waals surface area (Å²) in [5.74, 6) is -0.0433. The molecule has 0 atom stereocenters. The predicted molar refractivity (Wildman–Crippen MR) is 83.0 cm³/mol. The highest BCUT2D eigenvalue weighted by atomic mass is 16.5. The standard InChI is InChI=1S/C15H18N4O3/c1-4-22-14(20)11-7-5-6-8-12(11)16-15(21)17-13-9-10(2)19(3)18-13/h5-9H,4H2,1-3H3,(H2,16,17,18,21). The van der Waals surface area contributed by atoms with Crippen LogP contribution in [-0.4, -0.2) is 28.4 Å². The number of nitrogens with zero attached hydrogens (tertiary/aromatic N) is 2. The molecule has 1 aromatic carbocycles. The third-order valence-corrected chi connectivity index (χ3v) is 3.03. The largest absolute Gasteiger partial charge is 0.462 e. The van der Waals surface area contributed by atoms with Gasteiger partial charge in [0.05, 0.1) is 17.9 Å². The summed E-state index contributed by atoms with van der Waals surface area (Å²) < 4.78 is 6.62. The van der Waals surface area contributed by atoms with Gasteiger partial charge in [-0.15, -0.1) is 0 Å². The molecular formula is C15H18N4O3. The Morgan fingerprint density at radius 2 is 2.00 bits per heavy atom. The fraction of sp³-hybridized carbons (Fsp3) is 0.267. The topological polar surface area (TPSA) is 85.2 Å². The summed E-state index contributed by atoms with van der Waals surface area (Å²) >= 11 is 0. The molecule has 0 spiro atoms. The normalized spacial score (nSPS) is 10.1. The van der Waals surface area contributed by atoms with Gasteiger partial charge in [0.25, 0.3) is 0 Å². The van der Waals surface area contributed by atoms with E-state index in [4.69, 9.17) is 4.74 Å². The molecule has 0 radical (unpaired) electrons. The van der Waals surface area contributed by atoms with Gasteiger partial charge in [-0.2, -0.15) is 5.10 Å². The molecule has 2 amide bonds. The summed E-state index contributed by atoms with van der Waals surface area (Å²) in [6.45, 7) is 3.88. The molecule has 7 heteroatoms. The van der Waals surface area contributed by atoms with Gasteiger partial charge >= 0.3 is 12.0 Å². The first kappa shape index (κ1) is 15.6. The fourth-order valence-electron chi connectivity index (χ4n) is 1.87. The number of carbonyl (C=O) groups excluding carboxylic acids is 2. The molecule has 0 unspecified atom stereocenters. The highest BCUT2D eigenvalue weighted by Crippen LogP contribution is 2.17. The van der Waals surface area contributed by atoms with Crippen molar-refractivity contribution >= 4 is 23.5 Å². The van der Waals surface area contributed by atoms with Crippen molar-refractivity contribution in [1.82, 2.24) is 9.78 Å². The molecule has 0 saturated heterocycles. The number of para-hydroxylation sites is 1. The molecule has 0 fully saturated rings. The zero-order valence-corrected chi connectivity index (χ0v) is 12.7. The second-order valence-corrected chi connectivity index (χ2v) is 4.64. The number of ether oxygens (including phenoxy) is 1. The molecule has 0 aliphatic carbocycles. The Kier molecular flexibility index (Phi) is 4.77. The van der Waals surface area contributed by atoms with Crippen LogP contribution in [0.4, 0.5) is 16.3 Å². The number of aromatic nitrogens is 2. The van der Waals surface area contributed by atoms with E-state index in [0.717, 1.165) is 5.69 Å². The Morgan fingerprint density at radius 3 is 2.64 bits per heavy atom. The molecule has 22 heavy (non-hydrogen) atoms. The Hall–Kier alpha value is -2.83. The predicted octanol–water partition coefficient (Wildman–Crippen LogP) is 2.55. The number of nitrogens with one attached hydrogen (secondary N) is 2. The van der Waals surface area contributed by atoms with Crippen molar-refractivity contribution in [2.75, 3.05) is 17.2 Å². The lowest BCUT2D eigenvalue weighted by Crippen LogP contribution is -2.21. The van der Waals surface area contributed by atoms with Crippen molar-refractivity contribution in [3.05, 3.63) is 41.6 Å². The van der Waals surface area contributed by atoms with Crippen molar-refractivity contribution in [3.8, 4) is 0 Å². The van der Waals surface area contributed by atoms with E-state index >= 15 is 0 Å². The monoisotopic (exact) mass is 302 g/mol. The van der Waals surface area contributed by atoms with Crippen molar-refractivity contribution in [2.45, 2.75) is 13.8 Å². The second-order valence-electron chi connectivity index (χ2n) is 4.64. The Balaban J connectivity index is 2.10. The minimum atomic E-state index is -0.480. The third-order valence-electron chi connectivity index (χ3n) is 3.03. The van der Waals surface area contributed by atoms with Gasteiger partial charge in [0.1, 0.15) is 0 Å². The lowest BCUT2D eigenvalue weighted by molar-refractivity contribution is 0.0527. The van der Waals surface area contributed by atoms with Crippen LogP contribution in [0.1, 0.15) is 23.0 Å². The van der Waals surface area contributed by atoms with E-state index < -0.39 is 12.0 Å². The zero-order chi connectivity index (χ0) is 16.1. The lowest BCUT2D eigenvalue weighted by atomic mass is 10.2. The highest BCUT2D eigenvalue weighted by molar-refractivity contribution is 6.04. The maximum absolute atomic E-state index is 12.0. The highest BCUT2D eigenvalue weighted by Gasteiger charge is 2.14. The minimum Gasteiger partial charge on any atom is -0.462 e. The quantitative estimate of drug-likeness (QED) is 0.850. The molecule has 0 saturated carbocycles. The van der Waals surface area contributed by atoms with Crippen LogP contribution in [0.15, 0.2) is 30.3 Å². The van der Waals surface area contributed by atoms with E-state index in [1.54, 1.807) is 49.0 Å². The number of carbonyl (C=O) groups is 2. The van der Waals surface area contributed by atoms with E-state index in [2.05, 4.69) is 15.7 Å². The summed E-state index contributed by atoms with van der Waals surface area (Å²) in [6.07, 6.45) is 0. The van der Waals surface area contributed by atoms with E-state index in [-0.39, 0.29) is 6.61 Å². The lowest BCUT2D eigenvalue weighted by Gasteiger charge is -2.10. The molecule has 0 aliphatic rings. The molecule has 7 nitrogen and oxygen atoms in total. The van der Waals surface area contributed by atoms with Gasteiger partial charge in [-0.1, -0.05) is 12.1 Å². The van der Waals surface area contributed by atoms with Crippen LogP contribution in [0.2, 0.25) is 0 Å². The number of hydrogen-bond donors (Lipinski definition) is 2. The third kappa shape index (κ3) is 3.63. The van der Waals surface area contributed by atoms with E-state index in [0.29, 0.717) is 17.1 Å². The summed E-state index contributed by atoms with van der Waals surface area (Å²) in [5, 5.41) is 9.37. The molecule has 1 aromatic heterocycles. The maximum Gasteiger partial charge on any atom is 0.340 e. The van der Waals surface area contributed by atoms with E-state index in [1.165, 1.54) is 0 Å². The summed E-state index contributed by atoms with van der Waals surface area (Å²) in [5.41, 5.74) is 1.60. The van der Waals surface area contributed by atoms with Gasteiger partial charge in [-0.05, 0) is 26.0 Å². The van der Waals surface area contributed by atoms with Gasteiger partial charge in [0, 0.05) is 18.8 Å². The summed E-state index contributed by atoms with van der Waals surface area (Å²) in [7, 11) is 1.79. The van der Waals surface area contributed by atoms with Crippen LogP contribution in [0, 0.1) is 6.92 Å². The number of esters is 1. The van der Waals surface area contributed by atoms with Crippen molar-refractivity contribution in [3.63, 3.8) is 0 Å². The van der Waals surface area contributed by atoms with E-state index in [9.17, 15) is 9.59 Å². The first-order chi connectivity index (χ1) is 10.5. The maximum atomic E-state index is 12.0. The first-order valence-corrected chi connectivity index (χ1v) is 6.86. The molecular weight excluding hydrogens is 284 g/mol. The number of rotatable bonds is 4. The Bertz CT molecular complexity index is 674. The van der Waals surface area contributed by atoms with Gasteiger partial charge < -0.3 is 10.1 Å². The molecule has 2 N–H and O–H groups in total. The molecule has 2 aromatic rings. The van der Waals surface area contributed by atoms with Gasteiger partial charge in [0.15, 0.2) is 5.82 Å². The fourth-order valence-corrected chi connectivity index (χ4v) is 1.87. The molecule has 0 bridgehead atoms. The van der Waals surface area contributed by atoms with Crippen molar-refractivity contribution in [2.24, 2.45) is 7.05 Å². The number of hydrogen-bond acceptors (Lipinski definition) is 4. The van der Waals surface area contributed by atoms with Crippen LogP contribution in [0.3, 0.4) is 0 Å². The molecule has 1 heterocycles. The van der Waals surface area contributed by atoms with Crippen LogP contribution >= 0.6 is 0 Å². The van der Waals surface area contributed by atoms with Crippen LogP contribution < -0.4 is 10.6 Å². The summed E-state index contributed by atoms with van der Waals surface area (Å²) in [6, 6.07) is 7.93. The SMILES string of the molecule is CCOC(=O)c1ccccc1NC(=O)Nc1cc(C)n(C)n1. The van der Waals surface area contributed by atoms with Crippen molar-refractivity contribution < 1.29 is 14.3 Å². The van der Waals surface area contributed by atoms with Crippen LogP contribution in [0.25, 0.3) is 0 Å². The molecule has 116 valence electrons. The second kappa shape index (κ2) is 6.75. The van der Waals surface area contributed by atoms with E-state index in [1.807, 2.05) is 6.92 Å².